The topological polar surface area (TPSA) is 125 Å². The fourth-order valence-electron chi connectivity index (χ4n) is 4.16. The number of ether oxygens (including phenoxy) is 1. The monoisotopic (exact) mass is 522 g/mol. The summed E-state index contributed by atoms with van der Waals surface area (Å²) in [6.07, 6.45) is 1.57. The number of rotatable bonds is 8. The standard InChI is InChI=1S/C23H24F2N4O6S/c1-23(15-7-9-17(10-8-15)35-21(24)25)20(31)29(22(32)27-23)14-19(30)26-16-5-4-6-18(13-16)36(33,34)28-11-2-3-12-28/h4-10,13,21H,2-3,11-12,14H2,1H3,(H,26,30)(H,27,32). The van der Waals surface area contributed by atoms with Crippen molar-refractivity contribution in [3.05, 3.63) is 54.1 Å². The van der Waals surface area contributed by atoms with Crippen LogP contribution in [0.1, 0.15) is 25.3 Å². The number of amides is 4. The third-order valence-electron chi connectivity index (χ3n) is 6.05. The summed E-state index contributed by atoms with van der Waals surface area (Å²) in [5.41, 5.74) is -1.01. The van der Waals surface area contributed by atoms with Crippen molar-refractivity contribution < 1.29 is 36.3 Å². The first-order valence-corrected chi connectivity index (χ1v) is 12.5. The molecule has 13 heteroatoms. The van der Waals surface area contributed by atoms with Gasteiger partial charge < -0.3 is 15.4 Å². The molecule has 4 amide bonds. The van der Waals surface area contributed by atoms with Crippen LogP contribution >= 0.6 is 0 Å². The van der Waals surface area contributed by atoms with Gasteiger partial charge in [0.15, 0.2) is 0 Å². The van der Waals surface area contributed by atoms with E-state index < -0.39 is 46.6 Å². The molecule has 36 heavy (non-hydrogen) atoms. The van der Waals surface area contributed by atoms with Gasteiger partial charge in [0, 0.05) is 18.8 Å². The van der Waals surface area contributed by atoms with Crippen molar-refractivity contribution in [2.24, 2.45) is 0 Å². The molecule has 0 radical (unpaired) electrons. The second-order valence-corrected chi connectivity index (χ2v) is 10.5. The SMILES string of the molecule is CC1(c2ccc(OC(F)F)cc2)NC(=O)N(CC(=O)Nc2cccc(S(=O)(=O)N3CCCC3)c2)C1=O. The smallest absolute Gasteiger partial charge is 0.387 e. The van der Waals surface area contributed by atoms with Gasteiger partial charge in [-0.3, -0.25) is 14.5 Å². The van der Waals surface area contributed by atoms with E-state index in [4.69, 9.17) is 0 Å². The van der Waals surface area contributed by atoms with Crippen molar-refractivity contribution in [2.75, 3.05) is 25.0 Å². The lowest BCUT2D eigenvalue weighted by molar-refractivity contribution is -0.133. The first-order chi connectivity index (χ1) is 17.0. The number of alkyl halides is 2. The van der Waals surface area contributed by atoms with Gasteiger partial charge in [0.1, 0.15) is 17.8 Å². The average Bonchev–Trinajstić information content (AvgIpc) is 3.44. The van der Waals surface area contributed by atoms with Crippen LogP contribution in [0.3, 0.4) is 0 Å². The minimum Gasteiger partial charge on any atom is -0.435 e. The second kappa shape index (κ2) is 9.82. The molecule has 192 valence electrons. The maximum absolute atomic E-state index is 13.0. The normalized spacial score (nSPS) is 20.6. The van der Waals surface area contributed by atoms with Crippen molar-refractivity contribution in [3.8, 4) is 5.75 Å². The zero-order valence-corrected chi connectivity index (χ0v) is 20.1. The molecular formula is C23H24F2N4O6S. The maximum atomic E-state index is 13.0. The van der Waals surface area contributed by atoms with E-state index in [0.717, 1.165) is 17.7 Å². The Hall–Kier alpha value is -3.58. The van der Waals surface area contributed by atoms with E-state index in [1.165, 1.54) is 59.8 Å². The van der Waals surface area contributed by atoms with Crippen molar-refractivity contribution >= 4 is 33.6 Å². The zero-order chi connectivity index (χ0) is 26.1. The van der Waals surface area contributed by atoms with Crippen molar-refractivity contribution in [3.63, 3.8) is 0 Å². The molecule has 2 aromatic carbocycles. The number of carbonyl (C=O) groups is 3. The summed E-state index contributed by atoms with van der Waals surface area (Å²) in [6, 6.07) is 10.2. The summed E-state index contributed by atoms with van der Waals surface area (Å²) in [5.74, 6) is -1.53. The van der Waals surface area contributed by atoms with E-state index in [2.05, 4.69) is 15.4 Å². The lowest BCUT2D eigenvalue weighted by Gasteiger charge is -2.22. The van der Waals surface area contributed by atoms with Gasteiger partial charge in [-0.25, -0.2) is 13.2 Å². The lowest BCUT2D eigenvalue weighted by Crippen LogP contribution is -2.42. The van der Waals surface area contributed by atoms with Crippen LogP contribution in [-0.2, 0) is 25.2 Å². The molecular weight excluding hydrogens is 498 g/mol. The molecule has 0 saturated carbocycles. The highest BCUT2D eigenvalue weighted by Crippen LogP contribution is 2.30. The number of carbonyl (C=O) groups excluding carboxylic acids is 3. The Kier molecular flexibility index (Phi) is 6.96. The predicted octanol–water partition coefficient (Wildman–Crippen LogP) is 2.48. The summed E-state index contributed by atoms with van der Waals surface area (Å²) >= 11 is 0. The van der Waals surface area contributed by atoms with E-state index in [-0.39, 0.29) is 16.3 Å². The Bertz CT molecular complexity index is 1280. The Morgan fingerprint density at radius 1 is 1.14 bits per heavy atom. The fraction of sp³-hybridized carbons (Fsp3) is 0.348. The molecule has 0 spiro atoms. The number of sulfonamides is 1. The summed E-state index contributed by atoms with van der Waals surface area (Å²) in [6.45, 7) is -1.32. The van der Waals surface area contributed by atoms with Crippen LogP contribution in [0.15, 0.2) is 53.4 Å². The molecule has 1 unspecified atom stereocenters. The number of nitrogens with zero attached hydrogens (tertiary/aromatic N) is 2. The van der Waals surface area contributed by atoms with Crippen LogP contribution in [0.25, 0.3) is 0 Å². The van der Waals surface area contributed by atoms with E-state index in [1.54, 1.807) is 0 Å². The van der Waals surface area contributed by atoms with E-state index >= 15 is 0 Å². The van der Waals surface area contributed by atoms with Crippen LogP contribution in [-0.4, -0.2) is 61.7 Å². The number of halogens is 2. The number of anilines is 1. The Morgan fingerprint density at radius 2 is 1.81 bits per heavy atom. The Morgan fingerprint density at radius 3 is 2.44 bits per heavy atom. The van der Waals surface area contributed by atoms with Crippen LogP contribution in [0.2, 0.25) is 0 Å². The number of hydrogen-bond donors (Lipinski definition) is 2. The molecule has 2 aliphatic rings. The van der Waals surface area contributed by atoms with Crippen LogP contribution < -0.4 is 15.4 Å². The average molecular weight is 523 g/mol. The first kappa shape index (κ1) is 25.5. The van der Waals surface area contributed by atoms with Crippen LogP contribution in [0, 0.1) is 0 Å². The molecule has 2 N–H and O–H groups in total. The van der Waals surface area contributed by atoms with E-state index in [1.807, 2.05) is 0 Å². The lowest BCUT2D eigenvalue weighted by atomic mass is 9.92. The first-order valence-electron chi connectivity index (χ1n) is 11.1. The number of benzene rings is 2. The molecule has 2 heterocycles. The van der Waals surface area contributed by atoms with Gasteiger partial charge in [-0.2, -0.15) is 13.1 Å². The van der Waals surface area contributed by atoms with Gasteiger partial charge >= 0.3 is 12.6 Å². The number of nitrogens with one attached hydrogen (secondary N) is 2. The molecule has 1 atom stereocenters. The number of urea groups is 1. The summed E-state index contributed by atoms with van der Waals surface area (Å²) in [5, 5.41) is 5.04. The molecule has 2 aromatic rings. The molecule has 2 saturated heterocycles. The Labute approximate surface area is 206 Å². The summed E-state index contributed by atoms with van der Waals surface area (Å²) in [7, 11) is -3.69. The van der Waals surface area contributed by atoms with Crippen molar-refractivity contribution in [1.29, 1.82) is 0 Å². The minimum atomic E-state index is -3.69. The van der Waals surface area contributed by atoms with Crippen LogP contribution in [0.5, 0.6) is 5.75 Å². The fourth-order valence-corrected chi connectivity index (χ4v) is 5.73. The molecule has 2 fully saturated rings. The molecule has 10 nitrogen and oxygen atoms in total. The molecule has 0 aromatic heterocycles. The Balaban J connectivity index is 1.44. The minimum absolute atomic E-state index is 0.0315. The van der Waals surface area contributed by atoms with Gasteiger partial charge in [0.25, 0.3) is 5.91 Å². The van der Waals surface area contributed by atoms with Gasteiger partial charge in [-0.05, 0) is 55.7 Å². The highest BCUT2D eigenvalue weighted by Gasteiger charge is 2.49. The van der Waals surface area contributed by atoms with Crippen molar-refractivity contribution in [1.82, 2.24) is 14.5 Å². The third kappa shape index (κ3) is 5.02. The predicted molar refractivity (Wildman–Crippen MR) is 124 cm³/mol. The van der Waals surface area contributed by atoms with Crippen molar-refractivity contribution in [2.45, 2.75) is 36.8 Å². The van der Waals surface area contributed by atoms with Gasteiger partial charge in [-0.1, -0.05) is 18.2 Å². The molecule has 0 aliphatic carbocycles. The summed E-state index contributed by atoms with van der Waals surface area (Å²) < 4.78 is 56.0. The van der Waals surface area contributed by atoms with Crippen LogP contribution in [0.4, 0.5) is 19.3 Å². The molecule has 4 rings (SSSR count). The highest BCUT2D eigenvalue weighted by atomic mass is 32.2. The molecule has 2 aliphatic heterocycles. The van der Waals surface area contributed by atoms with Gasteiger partial charge in [0.05, 0.1) is 4.90 Å². The van der Waals surface area contributed by atoms with E-state index in [9.17, 15) is 31.6 Å². The number of imide groups is 1. The second-order valence-electron chi connectivity index (χ2n) is 8.54. The van der Waals surface area contributed by atoms with E-state index in [0.29, 0.717) is 18.7 Å². The summed E-state index contributed by atoms with van der Waals surface area (Å²) in [4.78, 5) is 39.0. The third-order valence-corrected chi connectivity index (χ3v) is 7.95. The van der Waals surface area contributed by atoms with Gasteiger partial charge in [-0.15, -0.1) is 0 Å². The number of hydrogen-bond acceptors (Lipinski definition) is 6. The molecule has 0 bridgehead atoms. The quantitative estimate of drug-likeness (QED) is 0.514. The zero-order valence-electron chi connectivity index (χ0n) is 19.2. The van der Waals surface area contributed by atoms with Gasteiger partial charge in [0.2, 0.25) is 15.9 Å². The highest BCUT2D eigenvalue weighted by molar-refractivity contribution is 7.89. The maximum Gasteiger partial charge on any atom is 0.387 e. The largest absolute Gasteiger partial charge is 0.435 e.